The number of likely N-dealkylation sites (tertiary alicyclic amines) is 1. The fraction of sp³-hybridized carbons (Fsp3) is 0.400. The predicted octanol–water partition coefficient (Wildman–Crippen LogP) is 3.28. The Morgan fingerprint density at radius 3 is 2.50 bits per heavy atom. The molecule has 5 rings (SSSR count). The van der Waals surface area contributed by atoms with Crippen LogP contribution in [0.3, 0.4) is 0 Å². The lowest BCUT2D eigenvalue weighted by Gasteiger charge is -2.32. The van der Waals surface area contributed by atoms with Gasteiger partial charge in [0, 0.05) is 49.8 Å². The number of rotatable bonds is 5. The molecule has 2 fully saturated rings. The van der Waals surface area contributed by atoms with Crippen LogP contribution >= 0.6 is 0 Å². The Labute approximate surface area is 199 Å². The fourth-order valence-electron chi connectivity index (χ4n) is 4.94. The van der Waals surface area contributed by atoms with E-state index in [-0.39, 0.29) is 17.5 Å². The first-order chi connectivity index (χ1) is 16.5. The minimum atomic E-state index is -3.63. The third-order valence-electron chi connectivity index (χ3n) is 6.83. The molecular formula is C25H30N4O4S. The number of amides is 2. The summed E-state index contributed by atoms with van der Waals surface area (Å²) in [4.78, 5) is 18.3. The number of ether oxygens (including phenoxy) is 1. The SMILES string of the molecule is O=C(NCc1ccccc1S(=O)(=O)N1CCOCC1)N1CCC(c2c[nH]c3ccccc23)CC1. The van der Waals surface area contributed by atoms with Crippen LogP contribution in [0.15, 0.2) is 59.6 Å². The van der Waals surface area contributed by atoms with Crippen LogP contribution in [0.25, 0.3) is 10.9 Å². The minimum Gasteiger partial charge on any atom is -0.379 e. The highest BCUT2D eigenvalue weighted by molar-refractivity contribution is 7.89. The molecule has 3 aromatic rings. The van der Waals surface area contributed by atoms with Crippen LogP contribution < -0.4 is 5.32 Å². The Balaban J connectivity index is 1.20. The number of hydrogen-bond acceptors (Lipinski definition) is 4. The van der Waals surface area contributed by atoms with Crippen molar-refractivity contribution in [3.63, 3.8) is 0 Å². The van der Waals surface area contributed by atoms with E-state index in [4.69, 9.17) is 4.74 Å². The monoisotopic (exact) mass is 482 g/mol. The van der Waals surface area contributed by atoms with Crippen molar-refractivity contribution in [1.82, 2.24) is 19.5 Å². The Morgan fingerprint density at radius 2 is 1.71 bits per heavy atom. The van der Waals surface area contributed by atoms with Gasteiger partial charge in [-0.05, 0) is 42.0 Å². The molecule has 1 aromatic heterocycles. The summed E-state index contributed by atoms with van der Waals surface area (Å²) >= 11 is 0. The van der Waals surface area contributed by atoms with Crippen molar-refractivity contribution in [3.05, 3.63) is 65.9 Å². The van der Waals surface area contributed by atoms with E-state index >= 15 is 0 Å². The van der Waals surface area contributed by atoms with E-state index in [1.54, 1.807) is 24.3 Å². The van der Waals surface area contributed by atoms with Crippen LogP contribution in [-0.4, -0.2) is 68.0 Å². The number of H-pyrrole nitrogens is 1. The van der Waals surface area contributed by atoms with Crippen LogP contribution in [0.1, 0.15) is 29.9 Å². The largest absolute Gasteiger partial charge is 0.379 e. The van der Waals surface area contributed by atoms with E-state index < -0.39 is 10.0 Å². The molecule has 2 amide bonds. The van der Waals surface area contributed by atoms with Gasteiger partial charge in [-0.2, -0.15) is 4.31 Å². The average Bonchev–Trinajstić information content (AvgIpc) is 3.32. The van der Waals surface area contributed by atoms with Crippen molar-refractivity contribution in [3.8, 4) is 0 Å². The number of carbonyl (C=O) groups excluding carboxylic acids is 1. The van der Waals surface area contributed by atoms with Crippen molar-refractivity contribution >= 4 is 27.0 Å². The van der Waals surface area contributed by atoms with E-state index in [1.807, 2.05) is 11.0 Å². The molecule has 180 valence electrons. The van der Waals surface area contributed by atoms with Gasteiger partial charge in [0.05, 0.1) is 18.1 Å². The minimum absolute atomic E-state index is 0.157. The van der Waals surface area contributed by atoms with Crippen LogP contribution in [-0.2, 0) is 21.3 Å². The lowest BCUT2D eigenvalue weighted by molar-refractivity contribution is 0.0730. The van der Waals surface area contributed by atoms with Crippen LogP contribution in [0.4, 0.5) is 4.79 Å². The Morgan fingerprint density at radius 1 is 1.00 bits per heavy atom. The zero-order valence-electron chi connectivity index (χ0n) is 19.1. The van der Waals surface area contributed by atoms with Crippen LogP contribution in [0.2, 0.25) is 0 Å². The first-order valence-corrected chi connectivity index (χ1v) is 13.2. The number of carbonyl (C=O) groups is 1. The lowest BCUT2D eigenvalue weighted by Crippen LogP contribution is -2.44. The summed E-state index contributed by atoms with van der Waals surface area (Å²) in [6.07, 6.45) is 3.89. The summed E-state index contributed by atoms with van der Waals surface area (Å²) in [5, 5.41) is 4.19. The zero-order valence-corrected chi connectivity index (χ0v) is 19.9. The Hall–Kier alpha value is -2.88. The van der Waals surface area contributed by atoms with Gasteiger partial charge in [0.2, 0.25) is 10.0 Å². The van der Waals surface area contributed by atoms with Crippen LogP contribution in [0, 0.1) is 0 Å². The molecule has 2 saturated heterocycles. The molecule has 2 aromatic carbocycles. The molecule has 34 heavy (non-hydrogen) atoms. The van der Waals surface area contributed by atoms with Crippen molar-refractivity contribution in [1.29, 1.82) is 0 Å². The maximum atomic E-state index is 13.1. The summed E-state index contributed by atoms with van der Waals surface area (Å²) in [5.41, 5.74) is 3.05. The number of piperidine rings is 1. The summed E-state index contributed by atoms with van der Waals surface area (Å²) in [6, 6.07) is 15.0. The number of morpholine rings is 1. The smallest absolute Gasteiger partial charge is 0.317 e. The maximum Gasteiger partial charge on any atom is 0.317 e. The van der Waals surface area contributed by atoms with Gasteiger partial charge in [-0.1, -0.05) is 36.4 Å². The highest BCUT2D eigenvalue weighted by Gasteiger charge is 2.29. The number of aromatic nitrogens is 1. The van der Waals surface area contributed by atoms with Gasteiger partial charge in [0.1, 0.15) is 0 Å². The van der Waals surface area contributed by atoms with Crippen molar-refractivity contribution in [2.75, 3.05) is 39.4 Å². The predicted molar refractivity (Wildman–Crippen MR) is 130 cm³/mol. The molecule has 2 aliphatic heterocycles. The summed E-state index contributed by atoms with van der Waals surface area (Å²) < 4.78 is 33.0. The average molecular weight is 483 g/mol. The van der Waals surface area contributed by atoms with E-state index in [9.17, 15) is 13.2 Å². The maximum absolute atomic E-state index is 13.1. The normalized spacial score (nSPS) is 18.3. The molecule has 0 bridgehead atoms. The van der Waals surface area contributed by atoms with Gasteiger partial charge in [-0.15, -0.1) is 0 Å². The fourth-order valence-corrected chi connectivity index (χ4v) is 6.57. The zero-order chi connectivity index (χ0) is 23.5. The van der Waals surface area contributed by atoms with Gasteiger partial charge >= 0.3 is 6.03 Å². The van der Waals surface area contributed by atoms with E-state index in [2.05, 4.69) is 34.7 Å². The quantitative estimate of drug-likeness (QED) is 0.584. The third-order valence-corrected chi connectivity index (χ3v) is 8.83. The molecule has 0 aliphatic carbocycles. The Bertz CT molecular complexity index is 1260. The summed E-state index contributed by atoms with van der Waals surface area (Å²) in [5.74, 6) is 0.416. The number of hydrogen-bond donors (Lipinski definition) is 2. The van der Waals surface area contributed by atoms with Crippen molar-refractivity contribution < 1.29 is 17.9 Å². The molecule has 0 spiro atoms. The van der Waals surface area contributed by atoms with E-state index in [1.165, 1.54) is 15.3 Å². The number of aromatic amines is 1. The summed E-state index contributed by atoms with van der Waals surface area (Å²) in [6.45, 7) is 2.98. The molecule has 3 heterocycles. The van der Waals surface area contributed by atoms with E-state index in [0.29, 0.717) is 50.9 Å². The highest BCUT2D eigenvalue weighted by Crippen LogP contribution is 2.33. The molecule has 9 heteroatoms. The molecular weight excluding hydrogens is 452 g/mol. The molecule has 0 radical (unpaired) electrons. The molecule has 0 saturated carbocycles. The van der Waals surface area contributed by atoms with Gasteiger partial charge in [-0.3, -0.25) is 0 Å². The van der Waals surface area contributed by atoms with Crippen molar-refractivity contribution in [2.45, 2.75) is 30.2 Å². The number of nitrogens with one attached hydrogen (secondary N) is 2. The van der Waals surface area contributed by atoms with Gasteiger partial charge in [0.25, 0.3) is 0 Å². The topological polar surface area (TPSA) is 94.7 Å². The van der Waals surface area contributed by atoms with Gasteiger partial charge in [0.15, 0.2) is 0 Å². The first kappa shape index (κ1) is 22.9. The second kappa shape index (κ2) is 9.77. The lowest BCUT2D eigenvalue weighted by atomic mass is 9.89. The number of sulfonamides is 1. The molecule has 8 nitrogen and oxygen atoms in total. The molecule has 0 unspecified atom stereocenters. The molecule has 2 N–H and O–H groups in total. The van der Waals surface area contributed by atoms with E-state index in [0.717, 1.165) is 18.4 Å². The number of fused-ring (bicyclic) bond motifs is 1. The van der Waals surface area contributed by atoms with Crippen LogP contribution in [0.5, 0.6) is 0 Å². The molecule has 2 aliphatic rings. The standard InChI is InChI=1S/C25H30N4O4S/c30-25(28-11-9-19(10-12-28)22-18-26-23-7-3-2-6-21(22)23)27-17-20-5-1-4-8-24(20)34(31,32)29-13-15-33-16-14-29/h1-8,18-19,26H,9-17H2,(H,27,30). The van der Waals surface area contributed by atoms with Gasteiger partial charge < -0.3 is 19.9 Å². The Kier molecular flexibility index (Phi) is 6.58. The third kappa shape index (κ3) is 4.55. The van der Waals surface area contributed by atoms with Gasteiger partial charge in [-0.25, -0.2) is 13.2 Å². The highest BCUT2D eigenvalue weighted by atomic mass is 32.2. The second-order valence-electron chi connectivity index (χ2n) is 8.83. The second-order valence-corrected chi connectivity index (χ2v) is 10.7. The first-order valence-electron chi connectivity index (χ1n) is 11.8. The number of para-hydroxylation sites is 1. The van der Waals surface area contributed by atoms with Crippen molar-refractivity contribution in [2.24, 2.45) is 0 Å². The number of benzene rings is 2. The number of nitrogens with zero attached hydrogens (tertiary/aromatic N) is 2. The summed E-state index contributed by atoms with van der Waals surface area (Å²) in [7, 11) is -3.63. The molecule has 0 atom stereocenters. The number of urea groups is 1.